The molecule has 6 nitrogen and oxygen atoms in total. The second-order valence-electron chi connectivity index (χ2n) is 4.93. The zero-order chi connectivity index (χ0) is 15.6. The number of nitrogens with zero attached hydrogens (tertiary/aromatic N) is 1. The number of carbonyl (C=O) groups is 1. The fraction of sp³-hybridized carbons (Fsp3) is 0.455. The highest BCUT2D eigenvalue weighted by Crippen LogP contribution is 2.18. The minimum Gasteiger partial charge on any atom is -0.350 e. The van der Waals surface area contributed by atoms with Crippen molar-refractivity contribution in [1.29, 1.82) is 0 Å². The van der Waals surface area contributed by atoms with Gasteiger partial charge < -0.3 is 5.32 Å². The van der Waals surface area contributed by atoms with Gasteiger partial charge in [0.05, 0.1) is 11.8 Å². The van der Waals surface area contributed by atoms with Gasteiger partial charge >= 0.3 is 0 Å². The first-order chi connectivity index (χ1) is 9.00. The van der Waals surface area contributed by atoms with Gasteiger partial charge in [-0.05, 0) is 35.8 Å². The Hall–Kier alpha value is -0.700. The summed E-state index contributed by atoms with van der Waals surface area (Å²) in [5.74, 6) is -0.424. The van der Waals surface area contributed by atoms with Crippen LogP contribution < -0.4 is 10.0 Å². The lowest BCUT2D eigenvalue weighted by Gasteiger charge is -2.25. The van der Waals surface area contributed by atoms with Crippen LogP contribution in [0.4, 0.5) is 0 Å². The van der Waals surface area contributed by atoms with Gasteiger partial charge in [0.25, 0.3) is 5.91 Å². The Balaban J connectivity index is 2.75. The fourth-order valence-corrected chi connectivity index (χ4v) is 3.11. The molecule has 9 heteroatoms. The average Bonchev–Trinajstić information content (AvgIpc) is 2.26. The van der Waals surface area contributed by atoms with Gasteiger partial charge in [-0.25, -0.2) is 18.1 Å². The number of pyridine rings is 1. The molecule has 0 aliphatic rings. The molecule has 0 bridgehead atoms. The lowest BCUT2D eigenvalue weighted by Crippen LogP contribution is -2.51. The third-order valence-corrected chi connectivity index (χ3v) is 3.86. The minimum absolute atomic E-state index is 0.0829. The van der Waals surface area contributed by atoms with Crippen LogP contribution >= 0.6 is 27.5 Å². The van der Waals surface area contributed by atoms with Crippen LogP contribution in [-0.2, 0) is 10.0 Å². The molecule has 0 saturated heterocycles. The molecular weight excluding hydrogens is 370 g/mol. The Morgan fingerprint density at radius 1 is 1.50 bits per heavy atom. The Labute approximate surface area is 131 Å². The van der Waals surface area contributed by atoms with Crippen LogP contribution in [0.3, 0.4) is 0 Å². The number of halogens is 2. The summed E-state index contributed by atoms with van der Waals surface area (Å²) >= 11 is 9.05. The van der Waals surface area contributed by atoms with Gasteiger partial charge in [0.1, 0.15) is 5.15 Å². The van der Waals surface area contributed by atoms with Gasteiger partial charge in [0, 0.05) is 22.8 Å². The molecule has 0 fully saturated rings. The minimum atomic E-state index is -3.36. The van der Waals surface area contributed by atoms with Crippen LogP contribution in [0.15, 0.2) is 16.7 Å². The summed E-state index contributed by atoms with van der Waals surface area (Å²) in [6.45, 7) is 3.44. The molecule has 0 radical (unpaired) electrons. The molecule has 0 aliphatic carbocycles. The van der Waals surface area contributed by atoms with Crippen LogP contribution in [-0.4, -0.2) is 37.6 Å². The molecule has 1 aromatic heterocycles. The van der Waals surface area contributed by atoms with E-state index in [1.165, 1.54) is 6.20 Å². The fourth-order valence-electron chi connectivity index (χ4n) is 1.52. The van der Waals surface area contributed by atoms with Gasteiger partial charge in [-0.2, -0.15) is 0 Å². The average molecular weight is 385 g/mol. The molecule has 0 aliphatic heterocycles. The van der Waals surface area contributed by atoms with Crippen molar-refractivity contribution in [1.82, 2.24) is 15.0 Å². The van der Waals surface area contributed by atoms with E-state index in [-0.39, 0.29) is 17.3 Å². The Kier molecular flexibility index (Phi) is 5.54. The molecule has 1 rings (SSSR count). The van der Waals surface area contributed by atoms with Crippen molar-refractivity contribution in [2.75, 3.05) is 12.8 Å². The number of aromatic nitrogens is 1. The normalized spacial score (nSPS) is 12.2. The smallest absolute Gasteiger partial charge is 0.254 e. The predicted molar refractivity (Wildman–Crippen MR) is 81.3 cm³/mol. The van der Waals surface area contributed by atoms with E-state index in [2.05, 4.69) is 31.0 Å². The number of hydrogen-bond donors (Lipinski definition) is 2. The lowest BCUT2D eigenvalue weighted by molar-refractivity contribution is 0.0944. The van der Waals surface area contributed by atoms with Crippen LogP contribution in [0.5, 0.6) is 0 Å². The first-order valence-electron chi connectivity index (χ1n) is 5.58. The van der Waals surface area contributed by atoms with Gasteiger partial charge in [-0.3, -0.25) is 4.79 Å². The predicted octanol–water partition coefficient (Wildman–Crippen LogP) is 1.56. The summed E-state index contributed by atoms with van der Waals surface area (Å²) < 4.78 is 25.5. The van der Waals surface area contributed by atoms with E-state index in [1.54, 1.807) is 19.9 Å². The quantitative estimate of drug-likeness (QED) is 0.754. The number of hydrogen-bond acceptors (Lipinski definition) is 4. The largest absolute Gasteiger partial charge is 0.350 e. The van der Waals surface area contributed by atoms with E-state index in [0.29, 0.717) is 4.47 Å². The Morgan fingerprint density at radius 3 is 2.65 bits per heavy atom. The summed E-state index contributed by atoms with van der Waals surface area (Å²) in [7, 11) is -3.36. The first kappa shape index (κ1) is 17.4. The zero-order valence-electron chi connectivity index (χ0n) is 11.2. The zero-order valence-corrected chi connectivity index (χ0v) is 14.4. The van der Waals surface area contributed by atoms with Crippen molar-refractivity contribution >= 4 is 43.5 Å². The molecule has 1 aromatic rings. The van der Waals surface area contributed by atoms with Crippen LogP contribution in [0, 0.1) is 0 Å². The van der Waals surface area contributed by atoms with Crippen molar-refractivity contribution in [2.24, 2.45) is 0 Å². The lowest BCUT2D eigenvalue weighted by atomic mass is 10.1. The number of amides is 1. The molecule has 0 saturated carbocycles. The summed E-state index contributed by atoms with van der Waals surface area (Å²) in [6.07, 6.45) is 2.54. The van der Waals surface area contributed by atoms with Crippen LogP contribution in [0.25, 0.3) is 0 Å². The van der Waals surface area contributed by atoms with E-state index in [9.17, 15) is 13.2 Å². The molecule has 20 heavy (non-hydrogen) atoms. The molecule has 0 spiro atoms. The molecule has 112 valence electrons. The highest BCUT2D eigenvalue weighted by Gasteiger charge is 2.23. The summed E-state index contributed by atoms with van der Waals surface area (Å²) in [5, 5.41) is 2.70. The number of rotatable bonds is 5. The second-order valence-corrected chi connectivity index (χ2v) is 7.95. The molecular formula is C11H15BrClN3O3S. The summed E-state index contributed by atoms with van der Waals surface area (Å²) in [6, 6.07) is 1.54. The maximum Gasteiger partial charge on any atom is 0.254 e. The molecule has 0 unspecified atom stereocenters. The van der Waals surface area contributed by atoms with Crippen molar-refractivity contribution in [3.05, 3.63) is 27.5 Å². The number of carbonyl (C=O) groups excluding carboxylic acids is 1. The van der Waals surface area contributed by atoms with Gasteiger partial charge in [0.15, 0.2) is 0 Å². The van der Waals surface area contributed by atoms with Crippen LogP contribution in [0.1, 0.15) is 24.2 Å². The Morgan fingerprint density at radius 2 is 2.10 bits per heavy atom. The molecule has 2 N–H and O–H groups in total. The maximum absolute atomic E-state index is 12.0. The Bertz CT molecular complexity index is 619. The highest BCUT2D eigenvalue weighted by atomic mass is 79.9. The maximum atomic E-state index is 12.0. The molecule has 0 atom stereocenters. The number of sulfonamides is 1. The SMILES string of the molecule is CC(C)(CNC(=O)c1cc(Br)cnc1Cl)NS(C)(=O)=O. The summed E-state index contributed by atoms with van der Waals surface area (Å²) in [4.78, 5) is 15.8. The van der Waals surface area contributed by atoms with Crippen molar-refractivity contribution in [3.63, 3.8) is 0 Å². The number of nitrogens with one attached hydrogen (secondary N) is 2. The highest BCUT2D eigenvalue weighted by molar-refractivity contribution is 9.10. The van der Waals surface area contributed by atoms with Gasteiger partial charge in [-0.15, -0.1) is 0 Å². The van der Waals surface area contributed by atoms with Crippen molar-refractivity contribution in [2.45, 2.75) is 19.4 Å². The van der Waals surface area contributed by atoms with Gasteiger partial charge in [0.2, 0.25) is 10.0 Å². The summed E-state index contributed by atoms with van der Waals surface area (Å²) in [5.41, 5.74) is -0.592. The third-order valence-electron chi connectivity index (χ3n) is 2.20. The van der Waals surface area contributed by atoms with Crippen molar-refractivity contribution < 1.29 is 13.2 Å². The molecule has 0 aromatic carbocycles. The van der Waals surface area contributed by atoms with Gasteiger partial charge in [-0.1, -0.05) is 11.6 Å². The monoisotopic (exact) mass is 383 g/mol. The van der Waals surface area contributed by atoms with E-state index >= 15 is 0 Å². The topological polar surface area (TPSA) is 88.2 Å². The standard InChI is InChI=1S/C11H15BrClN3O3S/c1-11(2,16-20(3,18)19)6-15-10(17)8-4-7(12)5-14-9(8)13/h4-5,16H,6H2,1-3H3,(H,15,17). The molecule has 1 amide bonds. The van der Waals surface area contributed by atoms with E-state index < -0.39 is 21.5 Å². The first-order valence-corrected chi connectivity index (χ1v) is 8.65. The van der Waals surface area contributed by atoms with E-state index in [0.717, 1.165) is 6.26 Å². The third kappa shape index (κ3) is 5.74. The molecule has 1 heterocycles. The van der Waals surface area contributed by atoms with Crippen LogP contribution in [0.2, 0.25) is 5.15 Å². The van der Waals surface area contributed by atoms with E-state index in [4.69, 9.17) is 11.6 Å². The van der Waals surface area contributed by atoms with Crippen molar-refractivity contribution in [3.8, 4) is 0 Å². The van der Waals surface area contributed by atoms with E-state index in [1.807, 2.05) is 0 Å². The second kappa shape index (κ2) is 6.38.